The first-order chi connectivity index (χ1) is 10.2. The highest BCUT2D eigenvalue weighted by Gasteiger charge is 2.34. The Kier molecular flexibility index (Phi) is 4.07. The van der Waals surface area contributed by atoms with Gasteiger partial charge in [0.1, 0.15) is 17.3 Å². The van der Waals surface area contributed by atoms with Crippen LogP contribution < -0.4 is 4.74 Å². The van der Waals surface area contributed by atoms with E-state index in [0.717, 1.165) is 11.4 Å². The molecule has 0 bridgehead atoms. The molecule has 1 atom stereocenters. The van der Waals surface area contributed by atoms with E-state index >= 15 is 0 Å². The molecule has 0 spiro atoms. The van der Waals surface area contributed by atoms with Gasteiger partial charge in [0, 0.05) is 19.0 Å². The van der Waals surface area contributed by atoms with Crippen LogP contribution in [-0.4, -0.2) is 39.6 Å². The zero-order valence-electron chi connectivity index (χ0n) is 12.0. The summed E-state index contributed by atoms with van der Waals surface area (Å²) in [7, 11) is 1.94. The van der Waals surface area contributed by atoms with E-state index in [1.807, 2.05) is 30.7 Å². The van der Waals surface area contributed by atoms with Crippen molar-refractivity contribution in [3.63, 3.8) is 0 Å². The highest BCUT2D eigenvalue weighted by atomic mass is 35.5. The number of pyridine rings is 1. The van der Waals surface area contributed by atoms with Crippen LogP contribution in [0.1, 0.15) is 24.2 Å². The highest BCUT2D eigenvalue weighted by Crippen LogP contribution is 2.36. The maximum absolute atomic E-state index is 6.13. The van der Waals surface area contributed by atoms with Crippen LogP contribution >= 0.6 is 11.6 Å². The minimum Gasteiger partial charge on any atom is -0.478 e. The first kappa shape index (κ1) is 14.3. The van der Waals surface area contributed by atoms with Gasteiger partial charge < -0.3 is 14.0 Å². The Morgan fingerprint density at radius 3 is 2.86 bits per heavy atom. The second kappa shape index (κ2) is 5.99. The van der Waals surface area contributed by atoms with Gasteiger partial charge in [-0.1, -0.05) is 11.6 Å². The van der Waals surface area contributed by atoms with Gasteiger partial charge in [0.25, 0.3) is 0 Å². The van der Waals surface area contributed by atoms with E-state index in [2.05, 4.69) is 15.2 Å². The quantitative estimate of drug-likeness (QED) is 0.791. The normalized spacial score (nSPS) is 16.5. The van der Waals surface area contributed by atoms with Crippen molar-refractivity contribution in [2.24, 2.45) is 13.0 Å². The second-order valence-electron chi connectivity index (χ2n) is 5.07. The first-order valence-corrected chi connectivity index (χ1v) is 7.28. The molecule has 21 heavy (non-hydrogen) atoms. The Morgan fingerprint density at radius 1 is 1.48 bits per heavy atom. The summed E-state index contributed by atoms with van der Waals surface area (Å²) in [5, 5.41) is 8.66. The molecule has 2 aromatic heterocycles. The molecule has 0 aliphatic carbocycles. The summed E-state index contributed by atoms with van der Waals surface area (Å²) >= 11 is 6.13. The van der Waals surface area contributed by atoms with Crippen molar-refractivity contribution in [3.8, 4) is 5.88 Å². The third-order valence-electron chi connectivity index (χ3n) is 3.60. The predicted molar refractivity (Wildman–Crippen MR) is 77.6 cm³/mol. The molecular formula is C14H17ClN4O2. The van der Waals surface area contributed by atoms with E-state index in [1.165, 1.54) is 0 Å². The molecule has 0 radical (unpaired) electrons. The molecule has 7 heteroatoms. The largest absolute Gasteiger partial charge is 0.478 e. The van der Waals surface area contributed by atoms with Crippen LogP contribution in [0.5, 0.6) is 5.88 Å². The molecule has 112 valence electrons. The number of aryl methyl sites for hydroxylation is 1. The molecule has 0 aromatic carbocycles. The van der Waals surface area contributed by atoms with Crippen molar-refractivity contribution in [1.82, 2.24) is 19.7 Å². The summed E-state index contributed by atoms with van der Waals surface area (Å²) in [6, 6.07) is 3.79. The maximum Gasteiger partial charge on any atom is 0.214 e. The van der Waals surface area contributed by atoms with Crippen LogP contribution in [0, 0.1) is 5.92 Å². The van der Waals surface area contributed by atoms with Gasteiger partial charge >= 0.3 is 0 Å². The maximum atomic E-state index is 6.13. The lowest BCUT2D eigenvalue weighted by Crippen LogP contribution is -2.35. The fraction of sp³-hybridized carbons (Fsp3) is 0.500. The van der Waals surface area contributed by atoms with Crippen LogP contribution in [0.3, 0.4) is 0 Å². The fourth-order valence-electron chi connectivity index (χ4n) is 2.55. The van der Waals surface area contributed by atoms with E-state index in [9.17, 15) is 0 Å². The first-order valence-electron chi connectivity index (χ1n) is 6.91. The van der Waals surface area contributed by atoms with Crippen LogP contribution in [0.25, 0.3) is 0 Å². The van der Waals surface area contributed by atoms with Crippen molar-refractivity contribution < 1.29 is 9.47 Å². The van der Waals surface area contributed by atoms with E-state index in [4.69, 9.17) is 21.1 Å². The van der Waals surface area contributed by atoms with Gasteiger partial charge in [-0.15, -0.1) is 10.2 Å². The zero-order valence-corrected chi connectivity index (χ0v) is 12.7. The van der Waals surface area contributed by atoms with Gasteiger partial charge in [-0.3, -0.25) is 0 Å². The Labute approximate surface area is 128 Å². The molecule has 6 nitrogen and oxygen atoms in total. The number of rotatable bonds is 5. The lowest BCUT2D eigenvalue weighted by molar-refractivity contribution is -0.0407. The van der Waals surface area contributed by atoms with Gasteiger partial charge in [-0.05, 0) is 18.6 Å². The average molecular weight is 309 g/mol. The van der Waals surface area contributed by atoms with E-state index in [1.54, 1.807) is 6.33 Å². The summed E-state index contributed by atoms with van der Waals surface area (Å²) in [5.41, 5.74) is 1.03. The van der Waals surface area contributed by atoms with Gasteiger partial charge in [-0.25, -0.2) is 4.98 Å². The van der Waals surface area contributed by atoms with E-state index in [-0.39, 0.29) is 5.92 Å². The predicted octanol–water partition coefficient (Wildman–Crippen LogP) is 2.04. The fourth-order valence-corrected chi connectivity index (χ4v) is 2.75. The molecule has 1 aliphatic rings. The zero-order chi connectivity index (χ0) is 14.8. The Hall–Kier alpha value is -1.66. The van der Waals surface area contributed by atoms with Gasteiger partial charge in [0.15, 0.2) is 0 Å². The minimum absolute atomic E-state index is 0.0750. The Bertz CT molecular complexity index is 627. The molecular weight excluding hydrogens is 292 g/mol. The van der Waals surface area contributed by atoms with Crippen molar-refractivity contribution in [1.29, 1.82) is 0 Å². The standard InChI is InChI=1S/C14H17ClN4O2/c1-3-21-12-5-9(4-11(15)17-12)13(10-6-20-7-10)14-18-16-8-19(14)2/h4-5,8,10,13H,3,6-7H2,1-2H3. The number of halogens is 1. The molecule has 3 rings (SSSR count). The average Bonchev–Trinajstić information content (AvgIpc) is 2.79. The molecule has 1 aliphatic heterocycles. The van der Waals surface area contributed by atoms with Gasteiger partial charge in [0.2, 0.25) is 5.88 Å². The van der Waals surface area contributed by atoms with E-state index in [0.29, 0.717) is 36.8 Å². The summed E-state index contributed by atoms with van der Waals surface area (Å²) in [6.45, 7) is 3.89. The lowest BCUT2D eigenvalue weighted by Gasteiger charge is -2.33. The van der Waals surface area contributed by atoms with Gasteiger partial charge in [0.05, 0.1) is 25.7 Å². The number of nitrogens with zero attached hydrogens (tertiary/aromatic N) is 4. The van der Waals surface area contributed by atoms with Crippen molar-refractivity contribution >= 4 is 11.6 Å². The molecule has 0 saturated carbocycles. The molecule has 0 amide bonds. The van der Waals surface area contributed by atoms with Crippen LogP contribution in [0.2, 0.25) is 5.15 Å². The smallest absolute Gasteiger partial charge is 0.214 e. The molecule has 1 saturated heterocycles. The topological polar surface area (TPSA) is 62.1 Å². The summed E-state index contributed by atoms with van der Waals surface area (Å²) in [5.74, 6) is 1.87. The lowest BCUT2D eigenvalue weighted by atomic mass is 9.84. The minimum atomic E-state index is 0.0750. The molecule has 1 unspecified atom stereocenters. The Morgan fingerprint density at radius 2 is 2.29 bits per heavy atom. The van der Waals surface area contributed by atoms with Crippen LogP contribution in [-0.2, 0) is 11.8 Å². The van der Waals surface area contributed by atoms with Crippen molar-refractivity contribution in [2.45, 2.75) is 12.8 Å². The summed E-state index contributed by atoms with van der Waals surface area (Å²) in [6.07, 6.45) is 1.70. The van der Waals surface area contributed by atoms with Gasteiger partial charge in [-0.2, -0.15) is 0 Å². The summed E-state index contributed by atoms with van der Waals surface area (Å²) in [4.78, 5) is 4.18. The molecule has 0 N–H and O–H groups in total. The number of hydrogen-bond donors (Lipinski definition) is 0. The number of hydrogen-bond acceptors (Lipinski definition) is 5. The van der Waals surface area contributed by atoms with Crippen LogP contribution in [0.4, 0.5) is 0 Å². The third-order valence-corrected chi connectivity index (χ3v) is 3.80. The summed E-state index contributed by atoms with van der Waals surface area (Å²) < 4.78 is 12.8. The SMILES string of the molecule is CCOc1cc(C(c2nncn2C)C2COC2)cc(Cl)n1. The van der Waals surface area contributed by atoms with Crippen LogP contribution in [0.15, 0.2) is 18.5 Å². The highest BCUT2D eigenvalue weighted by molar-refractivity contribution is 6.29. The Balaban J connectivity index is 2.02. The third kappa shape index (κ3) is 2.87. The molecule has 2 aromatic rings. The molecule has 1 fully saturated rings. The van der Waals surface area contributed by atoms with Crippen molar-refractivity contribution in [2.75, 3.05) is 19.8 Å². The second-order valence-corrected chi connectivity index (χ2v) is 5.46. The number of aromatic nitrogens is 4. The monoisotopic (exact) mass is 308 g/mol. The number of ether oxygens (including phenoxy) is 2. The van der Waals surface area contributed by atoms with E-state index < -0.39 is 0 Å². The van der Waals surface area contributed by atoms with Crippen molar-refractivity contribution in [3.05, 3.63) is 35.0 Å². The molecule has 3 heterocycles.